The summed E-state index contributed by atoms with van der Waals surface area (Å²) in [4.78, 5) is 15.1. The van der Waals surface area contributed by atoms with Crippen LogP contribution in [0.15, 0.2) is 48.5 Å². The van der Waals surface area contributed by atoms with Crippen LogP contribution in [0.25, 0.3) is 0 Å². The summed E-state index contributed by atoms with van der Waals surface area (Å²) in [5.74, 6) is 1.51. The van der Waals surface area contributed by atoms with Gasteiger partial charge in [-0.25, -0.2) is 4.79 Å². The Kier molecular flexibility index (Phi) is 5.13. The van der Waals surface area contributed by atoms with Crippen LogP contribution in [-0.2, 0) is 0 Å². The Bertz CT molecular complexity index is 846. The molecule has 2 amide bonds. The molecule has 6 nitrogen and oxygen atoms in total. The molecule has 6 heteroatoms. The molecule has 2 aromatic carbocycles. The Hall–Kier alpha value is -2.73. The predicted octanol–water partition coefficient (Wildman–Crippen LogP) is 3.80. The molecule has 2 aliphatic rings. The number of hydrogen-bond donors (Lipinski definition) is 2. The number of carbonyl (C=O) groups is 1. The number of likely N-dealkylation sites (tertiary alicyclic amines) is 1. The lowest BCUT2D eigenvalue weighted by molar-refractivity contribution is -0.0188. The number of anilines is 1. The number of para-hydroxylation sites is 3. The zero-order valence-corrected chi connectivity index (χ0v) is 16.4. The monoisotopic (exact) mass is 381 g/mol. The van der Waals surface area contributed by atoms with Gasteiger partial charge in [-0.1, -0.05) is 30.3 Å². The molecule has 2 aliphatic heterocycles. The lowest BCUT2D eigenvalue weighted by Gasteiger charge is -2.46. The van der Waals surface area contributed by atoms with E-state index in [1.165, 1.54) is 0 Å². The van der Waals surface area contributed by atoms with Crippen molar-refractivity contribution in [2.75, 3.05) is 32.6 Å². The van der Waals surface area contributed by atoms with E-state index in [-0.39, 0.29) is 17.7 Å². The molecule has 0 aromatic heterocycles. The van der Waals surface area contributed by atoms with Gasteiger partial charge in [0.2, 0.25) is 0 Å². The van der Waals surface area contributed by atoms with Gasteiger partial charge in [0.25, 0.3) is 0 Å². The lowest BCUT2D eigenvalue weighted by Crippen LogP contribution is -2.51. The summed E-state index contributed by atoms with van der Waals surface area (Å²) in [5.41, 5.74) is 1.46. The van der Waals surface area contributed by atoms with E-state index in [4.69, 9.17) is 9.47 Å². The zero-order valence-electron chi connectivity index (χ0n) is 16.4. The summed E-state index contributed by atoms with van der Waals surface area (Å²) in [6.07, 6.45) is 2.70. The largest absolute Gasteiger partial charge is 0.495 e. The number of hydrogen-bond acceptors (Lipinski definition) is 4. The van der Waals surface area contributed by atoms with Crippen LogP contribution in [-0.4, -0.2) is 43.8 Å². The van der Waals surface area contributed by atoms with Crippen LogP contribution in [0.5, 0.6) is 11.5 Å². The van der Waals surface area contributed by atoms with Crippen molar-refractivity contribution in [3.63, 3.8) is 0 Å². The number of rotatable bonds is 3. The van der Waals surface area contributed by atoms with E-state index < -0.39 is 0 Å². The number of nitrogens with one attached hydrogen (secondary N) is 2. The van der Waals surface area contributed by atoms with Gasteiger partial charge in [0.15, 0.2) is 0 Å². The third-order valence-corrected chi connectivity index (χ3v) is 5.76. The minimum absolute atomic E-state index is 0.0944. The number of carbonyl (C=O) groups excluding carboxylic acids is 1. The number of urea groups is 1. The Balaban J connectivity index is 1.53. The van der Waals surface area contributed by atoms with Gasteiger partial charge in [-0.15, -0.1) is 0 Å². The number of benzene rings is 2. The summed E-state index contributed by atoms with van der Waals surface area (Å²) in [6.45, 7) is 2.00. The molecule has 1 spiro atoms. The fraction of sp³-hybridized carbons (Fsp3) is 0.409. The topological polar surface area (TPSA) is 62.8 Å². The summed E-state index contributed by atoms with van der Waals surface area (Å²) >= 11 is 0. The lowest BCUT2D eigenvalue weighted by atomic mass is 9.80. The smallest absolute Gasteiger partial charge is 0.319 e. The van der Waals surface area contributed by atoms with Crippen molar-refractivity contribution in [3.8, 4) is 11.5 Å². The van der Waals surface area contributed by atoms with Gasteiger partial charge in [-0.05, 0) is 38.1 Å². The Morgan fingerprint density at radius 2 is 1.86 bits per heavy atom. The Labute approximate surface area is 165 Å². The van der Waals surface area contributed by atoms with E-state index in [2.05, 4.69) is 22.6 Å². The Morgan fingerprint density at radius 1 is 1.14 bits per heavy atom. The molecule has 148 valence electrons. The highest BCUT2D eigenvalue weighted by molar-refractivity contribution is 5.91. The van der Waals surface area contributed by atoms with Crippen molar-refractivity contribution in [1.82, 2.24) is 10.2 Å². The molecule has 1 fully saturated rings. The van der Waals surface area contributed by atoms with Gasteiger partial charge in [0.1, 0.15) is 17.1 Å². The van der Waals surface area contributed by atoms with Gasteiger partial charge < -0.3 is 25.0 Å². The molecule has 0 aliphatic carbocycles. The average molecular weight is 381 g/mol. The maximum Gasteiger partial charge on any atom is 0.319 e. The maximum absolute atomic E-state index is 12.8. The molecule has 1 saturated heterocycles. The second-order valence-electron chi connectivity index (χ2n) is 7.68. The highest BCUT2D eigenvalue weighted by Crippen LogP contribution is 2.44. The van der Waals surface area contributed by atoms with Crippen LogP contribution >= 0.6 is 0 Å². The SMILES string of the molecule is COc1ccccc1NC(=O)N[C@H]1CC2(CCN(C)CC2)Oc2ccccc21. The van der Waals surface area contributed by atoms with E-state index in [1.54, 1.807) is 7.11 Å². The van der Waals surface area contributed by atoms with E-state index in [0.29, 0.717) is 11.4 Å². The number of fused-ring (bicyclic) bond motifs is 1. The van der Waals surface area contributed by atoms with Gasteiger partial charge in [-0.3, -0.25) is 0 Å². The molecule has 2 aromatic rings. The van der Waals surface area contributed by atoms with E-state index in [0.717, 1.165) is 43.7 Å². The van der Waals surface area contributed by atoms with Crippen LogP contribution in [0, 0.1) is 0 Å². The number of ether oxygens (including phenoxy) is 2. The summed E-state index contributed by atoms with van der Waals surface area (Å²) in [6, 6.07) is 15.1. The first-order valence-corrected chi connectivity index (χ1v) is 9.76. The van der Waals surface area contributed by atoms with Crippen LogP contribution in [0.4, 0.5) is 10.5 Å². The van der Waals surface area contributed by atoms with Crippen molar-refractivity contribution in [3.05, 3.63) is 54.1 Å². The highest BCUT2D eigenvalue weighted by atomic mass is 16.5. The van der Waals surface area contributed by atoms with E-state index >= 15 is 0 Å². The molecule has 2 heterocycles. The van der Waals surface area contributed by atoms with Crippen LogP contribution in [0.3, 0.4) is 0 Å². The molecule has 0 radical (unpaired) electrons. The molecule has 1 atom stereocenters. The first kappa shape index (κ1) is 18.6. The van der Waals surface area contributed by atoms with Crippen molar-refractivity contribution in [2.45, 2.75) is 30.9 Å². The average Bonchev–Trinajstić information content (AvgIpc) is 2.71. The molecule has 28 heavy (non-hydrogen) atoms. The van der Waals surface area contributed by atoms with Crippen molar-refractivity contribution < 1.29 is 14.3 Å². The third kappa shape index (κ3) is 3.78. The molecule has 0 bridgehead atoms. The van der Waals surface area contributed by atoms with E-state index in [9.17, 15) is 4.79 Å². The molecule has 4 rings (SSSR count). The van der Waals surface area contributed by atoms with Gasteiger partial charge in [-0.2, -0.15) is 0 Å². The maximum atomic E-state index is 12.8. The van der Waals surface area contributed by atoms with Crippen molar-refractivity contribution in [1.29, 1.82) is 0 Å². The minimum Gasteiger partial charge on any atom is -0.495 e. The predicted molar refractivity (Wildman–Crippen MR) is 109 cm³/mol. The quantitative estimate of drug-likeness (QED) is 0.849. The fourth-order valence-electron chi connectivity index (χ4n) is 4.14. The van der Waals surface area contributed by atoms with Gasteiger partial charge >= 0.3 is 6.03 Å². The second-order valence-corrected chi connectivity index (χ2v) is 7.68. The third-order valence-electron chi connectivity index (χ3n) is 5.76. The fourth-order valence-corrected chi connectivity index (χ4v) is 4.14. The summed E-state index contributed by atoms with van der Waals surface area (Å²) in [5, 5.41) is 6.07. The molecular weight excluding hydrogens is 354 g/mol. The van der Waals surface area contributed by atoms with Crippen LogP contribution in [0.1, 0.15) is 30.9 Å². The number of piperidine rings is 1. The first-order chi connectivity index (χ1) is 13.6. The van der Waals surface area contributed by atoms with E-state index in [1.807, 2.05) is 48.5 Å². The number of nitrogens with zero attached hydrogens (tertiary/aromatic N) is 1. The summed E-state index contributed by atoms with van der Waals surface area (Å²) < 4.78 is 11.8. The van der Waals surface area contributed by atoms with Crippen molar-refractivity contribution >= 4 is 11.7 Å². The highest BCUT2D eigenvalue weighted by Gasteiger charge is 2.43. The molecule has 0 saturated carbocycles. The minimum atomic E-state index is -0.241. The van der Waals surface area contributed by atoms with Gasteiger partial charge in [0, 0.05) is 25.1 Å². The number of methoxy groups -OCH3 is 1. The summed E-state index contributed by atoms with van der Waals surface area (Å²) in [7, 11) is 3.73. The van der Waals surface area contributed by atoms with Gasteiger partial charge in [0.05, 0.1) is 18.8 Å². The zero-order chi connectivity index (χ0) is 19.6. The molecule has 0 unspecified atom stereocenters. The standard InChI is InChI=1S/C22H27N3O3/c1-25-13-11-22(12-14-25)15-18(16-7-3-5-9-19(16)28-22)24-21(26)23-17-8-4-6-10-20(17)27-2/h3-10,18H,11-15H2,1-2H3,(H2,23,24,26)/t18-/m0/s1. The van der Waals surface area contributed by atoms with Crippen LogP contribution in [0.2, 0.25) is 0 Å². The van der Waals surface area contributed by atoms with Crippen molar-refractivity contribution in [2.24, 2.45) is 0 Å². The number of amides is 2. The molecular formula is C22H27N3O3. The molecule has 2 N–H and O–H groups in total. The first-order valence-electron chi connectivity index (χ1n) is 9.76. The van der Waals surface area contributed by atoms with Crippen LogP contribution < -0.4 is 20.1 Å². The second kappa shape index (κ2) is 7.72. The normalized spacial score (nSPS) is 20.7. The Morgan fingerprint density at radius 3 is 2.64 bits per heavy atom.